The SMILES string of the molecule is C=C(I1CC=C2C(C)(C)C(c3ccc([C@H](C)CC)cc3)=CC[C@]2(C)C1)C1(c2ccccc2)CCN(C(C)(C)CCCC)CC1. The summed E-state index contributed by atoms with van der Waals surface area (Å²) in [5, 5.41) is 0. The number of likely N-dealkylation sites (tertiary alicyclic amines) is 1. The van der Waals surface area contributed by atoms with Crippen molar-refractivity contribution in [1.29, 1.82) is 0 Å². The minimum absolute atomic E-state index is 0.0565. The van der Waals surface area contributed by atoms with Crippen molar-refractivity contribution in [2.75, 3.05) is 21.9 Å². The van der Waals surface area contributed by atoms with Gasteiger partial charge in [0.2, 0.25) is 0 Å². The Kier molecular flexibility index (Phi) is 10.1. The second-order valence-electron chi connectivity index (χ2n) is 15.6. The number of alkyl halides is 2. The van der Waals surface area contributed by atoms with Crippen LogP contribution >= 0.6 is 19.8 Å². The maximum atomic E-state index is 5.09. The second kappa shape index (κ2) is 13.2. The van der Waals surface area contributed by atoms with Gasteiger partial charge >= 0.3 is 279 Å². The van der Waals surface area contributed by atoms with E-state index in [0.717, 1.165) is 6.42 Å². The van der Waals surface area contributed by atoms with Gasteiger partial charge in [0, 0.05) is 0 Å². The Bertz CT molecular complexity index is 1350. The summed E-state index contributed by atoms with van der Waals surface area (Å²) in [6.07, 6.45) is 14.0. The minimum atomic E-state index is -1.49. The van der Waals surface area contributed by atoms with Crippen molar-refractivity contribution in [2.45, 2.75) is 117 Å². The molecule has 44 heavy (non-hydrogen) atoms. The van der Waals surface area contributed by atoms with Crippen LogP contribution in [-0.4, -0.2) is 32.4 Å². The zero-order valence-electron chi connectivity index (χ0n) is 29.2. The Morgan fingerprint density at radius 3 is 2.23 bits per heavy atom. The molecule has 0 bridgehead atoms. The Labute approximate surface area is 278 Å². The third-order valence-corrected chi connectivity index (χ3v) is 18.8. The van der Waals surface area contributed by atoms with Crippen molar-refractivity contribution < 1.29 is 0 Å². The first-order chi connectivity index (χ1) is 20.9. The van der Waals surface area contributed by atoms with Gasteiger partial charge in [0.15, 0.2) is 0 Å². The van der Waals surface area contributed by atoms with E-state index >= 15 is 0 Å². The predicted octanol–water partition coefficient (Wildman–Crippen LogP) is 12.0. The average molecular weight is 706 g/mol. The number of rotatable bonds is 10. The molecular formula is C42H60IN. The molecule has 5 rings (SSSR count). The van der Waals surface area contributed by atoms with Gasteiger partial charge in [-0.2, -0.15) is 0 Å². The van der Waals surface area contributed by atoms with Crippen LogP contribution in [0.1, 0.15) is 123 Å². The molecule has 2 heteroatoms. The van der Waals surface area contributed by atoms with Crippen LogP contribution in [0.25, 0.3) is 5.57 Å². The average Bonchev–Trinajstić information content (AvgIpc) is 3.03. The Morgan fingerprint density at radius 1 is 0.955 bits per heavy atom. The van der Waals surface area contributed by atoms with Crippen LogP contribution < -0.4 is 0 Å². The summed E-state index contributed by atoms with van der Waals surface area (Å²) in [6.45, 7) is 26.9. The quantitative estimate of drug-likeness (QED) is 0.135. The molecule has 2 aromatic rings. The van der Waals surface area contributed by atoms with Gasteiger partial charge in [-0.05, 0) is 0 Å². The fourth-order valence-electron chi connectivity index (χ4n) is 8.67. The number of hydrogen-bond acceptors (Lipinski definition) is 1. The molecule has 0 aromatic heterocycles. The van der Waals surface area contributed by atoms with Crippen LogP contribution in [0.4, 0.5) is 0 Å². The van der Waals surface area contributed by atoms with E-state index in [1.54, 1.807) is 9.15 Å². The Morgan fingerprint density at radius 2 is 1.61 bits per heavy atom. The number of allylic oxidation sites excluding steroid dienone is 5. The first-order valence-corrected chi connectivity index (χ1v) is 21.6. The van der Waals surface area contributed by atoms with E-state index < -0.39 is 19.8 Å². The van der Waals surface area contributed by atoms with Gasteiger partial charge in [0.05, 0.1) is 0 Å². The molecule has 0 spiro atoms. The molecule has 0 saturated carbocycles. The van der Waals surface area contributed by atoms with Crippen LogP contribution in [-0.2, 0) is 5.41 Å². The van der Waals surface area contributed by atoms with E-state index in [9.17, 15) is 0 Å². The molecule has 2 atom stereocenters. The van der Waals surface area contributed by atoms with Crippen LogP contribution in [0.3, 0.4) is 0 Å². The number of nitrogens with zero attached hydrogens (tertiary/aromatic N) is 1. The molecule has 0 radical (unpaired) electrons. The van der Waals surface area contributed by atoms with Gasteiger partial charge in [0.1, 0.15) is 0 Å². The number of hydrogen-bond donors (Lipinski definition) is 0. The summed E-state index contributed by atoms with van der Waals surface area (Å²) in [5.74, 6) is 0.622. The fraction of sp³-hybridized carbons (Fsp3) is 0.571. The molecular weight excluding hydrogens is 645 g/mol. The summed E-state index contributed by atoms with van der Waals surface area (Å²) in [5.41, 5.74) is 8.33. The first kappa shape index (κ1) is 33.7. The van der Waals surface area contributed by atoms with E-state index in [0.29, 0.717) is 5.92 Å². The van der Waals surface area contributed by atoms with E-state index in [2.05, 4.69) is 127 Å². The van der Waals surface area contributed by atoms with Crippen molar-refractivity contribution in [3.8, 4) is 0 Å². The van der Waals surface area contributed by atoms with Gasteiger partial charge in [-0.3, -0.25) is 0 Å². The van der Waals surface area contributed by atoms with E-state index in [1.807, 2.05) is 0 Å². The van der Waals surface area contributed by atoms with Crippen LogP contribution in [0.15, 0.2) is 82.5 Å². The topological polar surface area (TPSA) is 3.24 Å². The molecule has 0 N–H and O–H groups in total. The second-order valence-corrected chi connectivity index (χ2v) is 21.1. The van der Waals surface area contributed by atoms with Crippen molar-refractivity contribution in [1.82, 2.24) is 4.90 Å². The molecule has 2 heterocycles. The predicted molar refractivity (Wildman–Crippen MR) is 203 cm³/mol. The zero-order valence-corrected chi connectivity index (χ0v) is 31.4. The van der Waals surface area contributed by atoms with E-state index in [4.69, 9.17) is 6.58 Å². The number of fused-ring (bicyclic) bond motifs is 1. The first-order valence-electron chi connectivity index (χ1n) is 17.5. The van der Waals surface area contributed by atoms with Crippen LogP contribution in [0.5, 0.6) is 0 Å². The molecule has 0 amide bonds. The molecule has 1 nitrogen and oxygen atoms in total. The number of benzene rings is 2. The molecule has 240 valence electrons. The van der Waals surface area contributed by atoms with Gasteiger partial charge in [0.25, 0.3) is 0 Å². The standard InChI is InChI=1S/C42H60IN/c1-10-12-24-39(5,6)44-29-26-42(27-30-44,36-16-14-13-15-17-36)33(4)43-28-23-38-40(7,8)37(22-25-41(38,9)31-43)35-20-18-34(19-21-35)32(3)11-2/h13-23,32H,4,10-12,24-31H2,1-3,5-9H3/t32-,41-/m1/s1. The maximum absolute atomic E-state index is 5.09. The summed E-state index contributed by atoms with van der Waals surface area (Å²) in [6, 6.07) is 21.1. The molecule has 0 unspecified atom stereocenters. The molecule has 2 aliphatic heterocycles. The van der Waals surface area contributed by atoms with Crippen molar-refractivity contribution in [3.05, 3.63) is 99.2 Å². The van der Waals surface area contributed by atoms with Gasteiger partial charge in [-0.25, -0.2) is 0 Å². The Balaban J connectivity index is 1.39. The molecule has 2 aromatic carbocycles. The van der Waals surface area contributed by atoms with Crippen molar-refractivity contribution in [3.63, 3.8) is 0 Å². The number of piperidine rings is 1. The summed E-state index contributed by atoms with van der Waals surface area (Å²) in [7, 11) is 0. The monoisotopic (exact) mass is 705 g/mol. The summed E-state index contributed by atoms with van der Waals surface area (Å²) in [4.78, 5) is 2.80. The van der Waals surface area contributed by atoms with Crippen LogP contribution in [0.2, 0.25) is 0 Å². The molecule has 1 aliphatic carbocycles. The molecule has 1 fully saturated rings. The molecule has 3 aliphatic rings. The zero-order chi connectivity index (χ0) is 31.8. The van der Waals surface area contributed by atoms with Crippen molar-refractivity contribution in [2.24, 2.45) is 10.8 Å². The van der Waals surface area contributed by atoms with Crippen molar-refractivity contribution >= 4 is 25.4 Å². The molecule has 1 saturated heterocycles. The van der Waals surface area contributed by atoms with E-state index in [-0.39, 0.29) is 21.8 Å². The normalized spacial score (nSPS) is 25.0. The van der Waals surface area contributed by atoms with Gasteiger partial charge in [-0.1, -0.05) is 0 Å². The summed E-state index contributed by atoms with van der Waals surface area (Å²) >= 11 is -1.49. The van der Waals surface area contributed by atoms with Gasteiger partial charge in [-0.15, -0.1) is 0 Å². The number of halogens is 1. The third kappa shape index (κ3) is 6.33. The van der Waals surface area contributed by atoms with E-state index in [1.165, 1.54) is 82.7 Å². The number of unbranched alkanes of at least 4 members (excludes halogenated alkanes) is 1. The Hall–Kier alpha value is -1.65. The summed E-state index contributed by atoms with van der Waals surface area (Å²) < 4.78 is 4.29. The fourth-order valence-corrected chi connectivity index (χ4v) is 16.0. The third-order valence-electron chi connectivity index (χ3n) is 11.9. The van der Waals surface area contributed by atoms with Gasteiger partial charge < -0.3 is 0 Å². The van der Waals surface area contributed by atoms with Crippen LogP contribution in [0, 0.1) is 10.8 Å².